The van der Waals surface area contributed by atoms with E-state index in [0.29, 0.717) is 21.2 Å². The maximum atomic E-state index is 14.2. The van der Waals surface area contributed by atoms with Crippen LogP contribution >= 0.6 is 23.1 Å². The van der Waals surface area contributed by atoms with Crippen LogP contribution in [0.15, 0.2) is 76.6 Å². The summed E-state index contributed by atoms with van der Waals surface area (Å²) in [6.45, 7) is 4.00. The summed E-state index contributed by atoms with van der Waals surface area (Å²) in [6, 6.07) is 17.8. The number of aromatic amines is 1. The first kappa shape index (κ1) is 29.3. The van der Waals surface area contributed by atoms with Gasteiger partial charge < -0.3 is 14.5 Å². The van der Waals surface area contributed by atoms with Gasteiger partial charge in [-0.15, -0.1) is 0 Å². The zero-order chi connectivity index (χ0) is 31.1. The number of nitrogens with zero attached hydrogens (tertiary/aromatic N) is 2. The van der Waals surface area contributed by atoms with Crippen molar-refractivity contribution in [2.45, 2.75) is 36.6 Å². The molecule has 2 aliphatic heterocycles. The van der Waals surface area contributed by atoms with E-state index >= 15 is 0 Å². The third-order valence-corrected chi connectivity index (χ3v) is 10.0. The van der Waals surface area contributed by atoms with Gasteiger partial charge in [-0.1, -0.05) is 47.4 Å². The van der Waals surface area contributed by atoms with Crippen molar-refractivity contribution in [1.82, 2.24) is 4.98 Å². The summed E-state index contributed by atoms with van der Waals surface area (Å²) in [5, 5.41) is 11.4. The van der Waals surface area contributed by atoms with Gasteiger partial charge in [-0.25, -0.2) is 9.69 Å². The second-order valence-corrected chi connectivity index (χ2v) is 12.4. The largest absolute Gasteiger partial charge is 0.489 e. The molecule has 0 saturated carbocycles. The lowest BCUT2D eigenvalue weighted by Crippen LogP contribution is -2.32. The number of benzene rings is 3. The van der Waals surface area contributed by atoms with Crippen LogP contribution in [0.25, 0.3) is 0 Å². The number of carbonyl (C=O) groups excluding carboxylic acids is 3. The summed E-state index contributed by atoms with van der Waals surface area (Å²) in [5.74, 6) is -3.11. The molecule has 11 nitrogen and oxygen atoms in total. The van der Waals surface area contributed by atoms with Gasteiger partial charge in [-0.2, -0.15) is 0 Å². The first-order chi connectivity index (χ1) is 21.2. The smallest absolute Gasteiger partial charge is 0.338 e. The number of H-pyrrole nitrogens is 1. The normalized spacial score (nSPS) is 19.0. The molecule has 0 aliphatic carbocycles. The minimum absolute atomic E-state index is 0.162. The molecule has 2 aliphatic rings. The molecule has 44 heavy (non-hydrogen) atoms. The first-order valence-corrected chi connectivity index (χ1v) is 15.4. The minimum Gasteiger partial charge on any atom is -0.489 e. The van der Waals surface area contributed by atoms with Gasteiger partial charge in [0.05, 0.1) is 33.7 Å². The number of hydrogen-bond acceptors (Lipinski definition) is 10. The van der Waals surface area contributed by atoms with Crippen LogP contribution in [0, 0.1) is 23.0 Å². The van der Waals surface area contributed by atoms with Gasteiger partial charge >= 0.3 is 10.8 Å². The van der Waals surface area contributed by atoms with E-state index in [-0.39, 0.29) is 35.0 Å². The predicted molar refractivity (Wildman–Crippen MR) is 163 cm³/mol. The number of carbonyl (C=O) groups is 3. The Morgan fingerprint density at radius 1 is 1.05 bits per heavy atom. The Hall–Kier alpha value is -4.75. The topological polar surface area (TPSA) is 149 Å². The van der Waals surface area contributed by atoms with Crippen LogP contribution < -0.4 is 14.5 Å². The molecule has 0 radical (unpaired) electrons. The Bertz CT molecular complexity index is 1870. The van der Waals surface area contributed by atoms with Crippen LogP contribution in [0.5, 0.6) is 5.75 Å². The Morgan fingerprint density at radius 3 is 2.50 bits per heavy atom. The van der Waals surface area contributed by atoms with Crippen molar-refractivity contribution < 1.29 is 28.8 Å². The van der Waals surface area contributed by atoms with Crippen molar-refractivity contribution >= 4 is 52.3 Å². The summed E-state index contributed by atoms with van der Waals surface area (Å²) in [6.07, 6.45) is 0. The van der Waals surface area contributed by atoms with Gasteiger partial charge in [-0.3, -0.25) is 24.5 Å². The van der Waals surface area contributed by atoms with Crippen molar-refractivity contribution in [3.05, 3.63) is 114 Å². The number of nitro groups is 1. The van der Waals surface area contributed by atoms with Crippen molar-refractivity contribution in [1.29, 1.82) is 0 Å². The second-order valence-electron chi connectivity index (χ2n) is 10.2. The van der Waals surface area contributed by atoms with E-state index in [1.165, 1.54) is 42.5 Å². The Morgan fingerprint density at radius 2 is 1.80 bits per heavy atom. The van der Waals surface area contributed by atoms with E-state index in [2.05, 4.69) is 4.98 Å². The molecule has 0 spiro atoms. The molecule has 2 amide bonds. The number of hydrogen-bond donors (Lipinski definition) is 1. The number of imide groups is 1. The molecule has 4 aromatic rings. The van der Waals surface area contributed by atoms with Crippen LogP contribution in [0.2, 0.25) is 0 Å². The lowest BCUT2D eigenvalue weighted by molar-refractivity contribution is -0.385. The summed E-state index contributed by atoms with van der Waals surface area (Å²) >= 11 is 2.00. The number of aryl methyl sites for hydroxylation is 1. The molecule has 1 aromatic heterocycles. The highest BCUT2D eigenvalue weighted by Gasteiger charge is 2.57. The standard InChI is InChI=1S/C31H25N3O8S2/c1-3-41-30(37)17-8-10-19(11-9-17)33-28(35)24-23(25-27(32-31(38)44-25)43-26(24)29(33)36)21-14-20(34(39)40)12-13-22(21)42-15-18-7-5-4-6-16(18)2/h4-14,23-24,26H,3,15H2,1-2H3,(H,32,38)/t23-,24-,26+/m0/s1. The third-order valence-electron chi connectivity index (χ3n) is 7.64. The highest BCUT2D eigenvalue weighted by atomic mass is 32.2. The number of thiazole rings is 1. The van der Waals surface area contributed by atoms with Gasteiger partial charge in [0.25, 0.3) is 5.69 Å². The number of ether oxygens (including phenoxy) is 2. The predicted octanol–water partition coefficient (Wildman–Crippen LogP) is 5.20. The molecule has 3 atom stereocenters. The Balaban J connectivity index is 1.43. The van der Waals surface area contributed by atoms with Gasteiger partial charge in [0, 0.05) is 28.5 Å². The number of non-ortho nitro benzene ring substituents is 1. The molecule has 3 heterocycles. The number of fused-ring (bicyclic) bond motifs is 2. The molecular weight excluding hydrogens is 606 g/mol. The number of nitro benzene ring substituents is 1. The van der Waals surface area contributed by atoms with Gasteiger partial charge in [0.15, 0.2) is 0 Å². The van der Waals surface area contributed by atoms with Crippen LogP contribution in [-0.4, -0.2) is 39.5 Å². The molecule has 0 bridgehead atoms. The van der Waals surface area contributed by atoms with E-state index in [0.717, 1.165) is 39.1 Å². The Labute approximate surface area is 259 Å². The first-order valence-electron chi connectivity index (χ1n) is 13.7. The fraction of sp³-hybridized carbons (Fsp3) is 0.226. The van der Waals surface area contributed by atoms with E-state index < -0.39 is 39.8 Å². The third kappa shape index (κ3) is 5.18. The zero-order valence-corrected chi connectivity index (χ0v) is 25.1. The van der Waals surface area contributed by atoms with E-state index in [4.69, 9.17) is 9.47 Å². The summed E-state index contributed by atoms with van der Waals surface area (Å²) in [4.78, 5) is 68.0. The summed E-state index contributed by atoms with van der Waals surface area (Å²) < 4.78 is 11.3. The maximum Gasteiger partial charge on any atom is 0.338 e. The highest BCUT2D eigenvalue weighted by molar-refractivity contribution is 8.00. The summed E-state index contributed by atoms with van der Waals surface area (Å²) in [5.41, 5.74) is 2.56. The van der Waals surface area contributed by atoms with Crippen molar-refractivity contribution in [2.75, 3.05) is 11.5 Å². The zero-order valence-electron chi connectivity index (χ0n) is 23.5. The van der Waals surface area contributed by atoms with E-state index in [1.54, 1.807) is 6.92 Å². The molecule has 1 N–H and O–H groups in total. The SMILES string of the molecule is CCOC(=O)c1ccc(N2C(=O)[C@H]3[C@H](c4cc([N+](=O)[O-])ccc4OCc4ccccc4C)c4sc(=O)[nH]c4S[C@H]3C2=O)cc1. The number of aromatic nitrogens is 1. The molecule has 6 rings (SSSR count). The molecule has 1 fully saturated rings. The molecule has 1 saturated heterocycles. The van der Waals surface area contributed by atoms with Crippen LogP contribution in [0.1, 0.15) is 44.8 Å². The minimum atomic E-state index is -0.987. The monoisotopic (exact) mass is 631 g/mol. The average Bonchev–Trinajstić information content (AvgIpc) is 3.50. The molecule has 224 valence electrons. The number of esters is 1. The highest BCUT2D eigenvalue weighted by Crippen LogP contribution is 2.55. The average molecular weight is 632 g/mol. The quantitative estimate of drug-likeness (QED) is 0.120. The second kappa shape index (κ2) is 11.7. The fourth-order valence-corrected chi connectivity index (χ4v) is 8.03. The lowest BCUT2D eigenvalue weighted by Gasteiger charge is -2.30. The number of anilines is 1. The van der Waals surface area contributed by atoms with Crippen molar-refractivity contribution in [3.63, 3.8) is 0 Å². The molecule has 3 aromatic carbocycles. The summed E-state index contributed by atoms with van der Waals surface area (Å²) in [7, 11) is 0. The number of rotatable bonds is 8. The van der Waals surface area contributed by atoms with Crippen molar-refractivity contribution in [2.24, 2.45) is 5.92 Å². The van der Waals surface area contributed by atoms with Gasteiger partial charge in [-0.05, 0) is 55.3 Å². The van der Waals surface area contributed by atoms with Crippen LogP contribution in [0.4, 0.5) is 11.4 Å². The van der Waals surface area contributed by atoms with E-state index in [1.807, 2.05) is 31.2 Å². The van der Waals surface area contributed by atoms with Crippen LogP contribution in [0.3, 0.4) is 0 Å². The van der Waals surface area contributed by atoms with Gasteiger partial charge in [0.1, 0.15) is 17.6 Å². The maximum absolute atomic E-state index is 14.2. The molecule has 13 heteroatoms. The number of amides is 2. The number of thioether (sulfide) groups is 1. The van der Waals surface area contributed by atoms with Crippen LogP contribution in [-0.2, 0) is 20.9 Å². The molecule has 0 unspecified atom stereocenters. The van der Waals surface area contributed by atoms with E-state index in [9.17, 15) is 29.3 Å². The lowest BCUT2D eigenvalue weighted by atomic mass is 9.82. The Kier molecular flexibility index (Phi) is 7.82. The van der Waals surface area contributed by atoms with Crippen molar-refractivity contribution in [3.8, 4) is 5.75 Å². The fourth-order valence-electron chi connectivity index (χ4n) is 5.52. The van der Waals surface area contributed by atoms with Gasteiger partial charge in [0.2, 0.25) is 11.8 Å². The number of nitrogens with one attached hydrogen (secondary N) is 1. The molecular formula is C31H25N3O8S2.